The van der Waals surface area contributed by atoms with Gasteiger partial charge in [0.1, 0.15) is 43.7 Å². The number of hydrogen-bond acceptors (Lipinski definition) is 19. The fourth-order valence-electron chi connectivity index (χ4n) is 10.4. The molecule has 1 aliphatic rings. The number of carbonyl (C=O) groups is 8. The van der Waals surface area contributed by atoms with E-state index in [1.165, 1.54) is 88.7 Å². The Kier molecular flexibility index (Phi) is 37.4. The number of nitrogens with zero attached hydrogens (tertiary/aromatic N) is 3. The van der Waals surface area contributed by atoms with Crippen LogP contribution in [0.25, 0.3) is 0 Å². The second-order valence-corrected chi connectivity index (χ2v) is 23.0. The Labute approximate surface area is 526 Å². The highest BCUT2D eigenvalue weighted by atomic mass is 16.7. The lowest BCUT2D eigenvalue weighted by Crippen LogP contribution is -2.63. The van der Waals surface area contributed by atoms with E-state index in [1.54, 1.807) is 18.3 Å². The first-order chi connectivity index (χ1) is 43.1. The first kappa shape index (κ1) is 74.7. The SMILES string of the molecule is CCCCCCCCCCCCC(CCCCCCCCCCCC)C(=O)N[C@@H](COCc1cn(CCOC2OC(COC(C)=O)C(OC(C)=O)C(OC(C)=O)C2OC(C)=O)nn1)C(=O)N[C@H](CCC(=O)OCc1ccccc1)C(=O)OCc1ccccc1. The molecule has 22 nitrogen and oxygen atoms in total. The molecule has 2 N–H and O–H groups in total. The van der Waals surface area contributed by atoms with Crippen LogP contribution in [0.2, 0.25) is 0 Å². The molecular weight excluding hydrogens is 1150 g/mol. The summed E-state index contributed by atoms with van der Waals surface area (Å²) in [5, 5.41) is 14.2. The van der Waals surface area contributed by atoms with Crippen LogP contribution < -0.4 is 10.6 Å². The molecule has 5 unspecified atom stereocenters. The van der Waals surface area contributed by atoms with Crippen LogP contribution in [-0.2, 0) is 107 Å². The first-order valence-corrected chi connectivity index (χ1v) is 32.5. The Morgan fingerprint density at radius 3 is 1.56 bits per heavy atom. The number of aromatic nitrogens is 3. The van der Waals surface area contributed by atoms with Gasteiger partial charge >= 0.3 is 35.8 Å². The van der Waals surface area contributed by atoms with Crippen LogP contribution in [0.5, 0.6) is 0 Å². The number of benzene rings is 2. The van der Waals surface area contributed by atoms with Crippen molar-refractivity contribution in [2.24, 2.45) is 5.92 Å². The van der Waals surface area contributed by atoms with Gasteiger partial charge in [-0.25, -0.2) is 9.48 Å². The Morgan fingerprint density at radius 2 is 1.03 bits per heavy atom. The molecule has 89 heavy (non-hydrogen) atoms. The van der Waals surface area contributed by atoms with E-state index in [0.29, 0.717) is 18.5 Å². The second-order valence-electron chi connectivity index (χ2n) is 23.0. The number of ether oxygens (including phenoxy) is 9. The van der Waals surface area contributed by atoms with E-state index in [1.807, 2.05) is 48.5 Å². The molecule has 0 radical (unpaired) electrons. The monoisotopic (exact) mass is 1250 g/mol. The third-order valence-corrected chi connectivity index (χ3v) is 15.2. The van der Waals surface area contributed by atoms with E-state index in [9.17, 15) is 38.4 Å². The molecule has 3 aromatic rings. The molecule has 0 aliphatic carbocycles. The van der Waals surface area contributed by atoms with Crippen molar-refractivity contribution >= 4 is 47.6 Å². The van der Waals surface area contributed by atoms with Gasteiger partial charge in [-0.3, -0.25) is 33.6 Å². The highest BCUT2D eigenvalue weighted by Gasteiger charge is 2.53. The zero-order chi connectivity index (χ0) is 64.4. The Morgan fingerprint density at radius 1 is 0.539 bits per heavy atom. The molecule has 7 atom stereocenters. The van der Waals surface area contributed by atoms with Gasteiger partial charge in [0, 0.05) is 40.0 Å². The molecule has 1 fully saturated rings. The van der Waals surface area contributed by atoms with Crippen LogP contribution in [0.1, 0.15) is 212 Å². The lowest BCUT2D eigenvalue weighted by molar-refractivity contribution is -0.308. The Bertz CT molecular complexity index is 2490. The fraction of sp³-hybridized carbons (Fsp3) is 0.672. The van der Waals surface area contributed by atoms with Crippen LogP contribution >= 0.6 is 0 Å². The van der Waals surface area contributed by atoms with Gasteiger partial charge in [-0.2, -0.15) is 0 Å². The normalized spacial score (nSPS) is 17.0. The van der Waals surface area contributed by atoms with Crippen LogP contribution in [0.4, 0.5) is 0 Å². The number of amides is 2. The Balaban J connectivity index is 1.52. The highest BCUT2D eigenvalue weighted by molar-refractivity contribution is 5.91. The lowest BCUT2D eigenvalue weighted by atomic mass is 9.93. The summed E-state index contributed by atoms with van der Waals surface area (Å²) in [7, 11) is 0. The van der Waals surface area contributed by atoms with Gasteiger partial charge in [-0.15, -0.1) is 5.10 Å². The number of esters is 6. The average Bonchev–Trinajstić information content (AvgIpc) is 2.11. The summed E-state index contributed by atoms with van der Waals surface area (Å²) in [4.78, 5) is 105. The smallest absolute Gasteiger partial charge is 0.328 e. The van der Waals surface area contributed by atoms with E-state index in [0.717, 1.165) is 83.3 Å². The number of carbonyl (C=O) groups excluding carboxylic acids is 8. The van der Waals surface area contributed by atoms with Crippen molar-refractivity contribution in [2.45, 2.75) is 265 Å². The lowest BCUT2D eigenvalue weighted by Gasteiger charge is -2.44. The largest absolute Gasteiger partial charge is 0.463 e. The van der Waals surface area contributed by atoms with E-state index >= 15 is 0 Å². The predicted octanol–water partition coefficient (Wildman–Crippen LogP) is 10.4. The first-order valence-electron chi connectivity index (χ1n) is 32.5. The number of hydrogen-bond donors (Lipinski definition) is 2. The van der Waals surface area contributed by atoms with Gasteiger partial charge < -0.3 is 53.3 Å². The molecule has 2 heterocycles. The summed E-state index contributed by atoms with van der Waals surface area (Å²) in [6.07, 6.45) is 18.7. The summed E-state index contributed by atoms with van der Waals surface area (Å²) in [6, 6.07) is 15.6. The molecule has 1 aliphatic heterocycles. The molecule has 1 aromatic heterocycles. The van der Waals surface area contributed by atoms with Gasteiger partial charge in [-0.05, 0) is 30.4 Å². The zero-order valence-electron chi connectivity index (χ0n) is 53.7. The van der Waals surface area contributed by atoms with Gasteiger partial charge in [0.2, 0.25) is 11.8 Å². The maximum atomic E-state index is 14.7. The molecule has 496 valence electrons. The van der Waals surface area contributed by atoms with Crippen molar-refractivity contribution in [1.29, 1.82) is 0 Å². The number of rotatable bonds is 47. The molecule has 22 heteroatoms. The molecule has 0 bridgehead atoms. The highest BCUT2D eigenvalue weighted by Crippen LogP contribution is 2.30. The van der Waals surface area contributed by atoms with Crippen LogP contribution in [0.3, 0.4) is 0 Å². The van der Waals surface area contributed by atoms with Gasteiger partial charge in [0.25, 0.3) is 0 Å². The minimum absolute atomic E-state index is 0.0234. The number of unbranched alkanes of at least 4 members (excludes halogenated alkanes) is 18. The molecule has 0 saturated carbocycles. The van der Waals surface area contributed by atoms with Crippen LogP contribution in [-0.4, -0.2) is 125 Å². The quantitative estimate of drug-likeness (QED) is 0.0302. The third kappa shape index (κ3) is 32.0. The second kappa shape index (κ2) is 44.6. The van der Waals surface area contributed by atoms with E-state index in [-0.39, 0.29) is 64.2 Å². The zero-order valence-corrected chi connectivity index (χ0v) is 53.7. The third-order valence-electron chi connectivity index (χ3n) is 15.2. The summed E-state index contributed by atoms with van der Waals surface area (Å²) < 4.78 is 52.5. The minimum atomic E-state index is -1.42. The van der Waals surface area contributed by atoms with Crippen LogP contribution in [0.15, 0.2) is 66.9 Å². The molecule has 2 aromatic carbocycles. The number of nitrogens with one attached hydrogen (secondary N) is 2. The minimum Gasteiger partial charge on any atom is -0.463 e. The van der Waals surface area contributed by atoms with Crippen molar-refractivity contribution < 1.29 is 81.0 Å². The molecule has 4 rings (SSSR count). The Hall–Kier alpha value is -6.78. The van der Waals surface area contributed by atoms with E-state index < -0.39 is 91.1 Å². The van der Waals surface area contributed by atoms with Crippen molar-refractivity contribution in [3.8, 4) is 0 Å². The van der Waals surface area contributed by atoms with Crippen LogP contribution in [0, 0.1) is 5.92 Å². The predicted molar refractivity (Wildman–Crippen MR) is 330 cm³/mol. The van der Waals surface area contributed by atoms with E-state index in [2.05, 4.69) is 34.8 Å². The van der Waals surface area contributed by atoms with Crippen molar-refractivity contribution in [3.63, 3.8) is 0 Å². The topological polar surface area (TPSA) is 274 Å². The van der Waals surface area contributed by atoms with Crippen molar-refractivity contribution in [3.05, 3.63) is 83.7 Å². The summed E-state index contributed by atoms with van der Waals surface area (Å²) >= 11 is 0. The van der Waals surface area contributed by atoms with Gasteiger partial charge in [-0.1, -0.05) is 208 Å². The average molecular weight is 1250 g/mol. The standard InChI is InChI=1S/C67H101N5O17/c1-7-9-11-13-15-17-19-21-23-31-37-55(38-32-24-22-20-18-16-14-12-10-8-2)64(78)69-58(65(79)68-57(66(80)85-45-54-35-29-26-30-36-54)39-40-60(77)84-44-53-33-27-25-28-34-53)47-81-46-56-43-72(71-70-56)41-42-82-67-63(88-52(6)76)62(87-51(5)75)61(86-50(4)74)59(89-67)48-83-49(3)73/h25-30,33-36,43,55,57-59,61-63,67H,7-24,31-32,37-42,44-48H2,1-6H3,(H,68,79)(H,69,78)/t57-,58+,59?,61?,62?,63?,67?/m1/s1. The van der Waals surface area contributed by atoms with Gasteiger partial charge in [0.05, 0.1) is 32.6 Å². The maximum absolute atomic E-state index is 14.7. The summed E-state index contributed by atoms with van der Waals surface area (Å²) in [5.74, 6) is -5.77. The van der Waals surface area contributed by atoms with Crippen molar-refractivity contribution in [2.75, 3.05) is 19.8 Å². The molecule has 1 saturated heterocycles. The molecule has 2 amide bonds. The van der Waals surface area contributed by atoms with Crippen molar-refractivity contribution in [1.82, 2.24) is 25.6 Å². The summed E-state index contributed by atoms with van der Waals surface area (Å²) in [6.45, 7) is 7.88. The molecular formula is C67H101N5O17. The van der Waals surface area contributed by atoms with Gasteiger partial charge in [0.15, 0.2) is 24.6 Å². The fourth-order valence-corrected chi connectivity index (χ4v) is 10.4. The molecule has 0 spiro atoms. The summed E-state index contributed by atoms with van der Waals surface area (Å²) in [5.41, 5.74) is 1.83. The van der Waals surface area contributed by atoms with E-state index in [4.69, 9.17) is 42.6 Å². The maximum Gasteiger partial charge on any atom is 0.328 e.